The summed E-state index contributed by atoms with van der Waals surface area (Å²) in [6, 6.07) is 3.46. The lowest BCUT2D eigenvalue weighted by Crippen LogP contribution is -2.05. The fraction of sp³-hybridized carbons (Fsp3) is 0.273. The topological polar surface area (TPSA) is 0 Å². The Hall–Kier alpha value is -0.790. The summed E-state index contributed by atoms with van der Waals surface area (Å²) >= 11 is 9.49. The minimum Gasteiger partial charge on any atom is -0.178 e. The largest absolute Gasteiger partial charge is 0.417 e. The zero-order valence-electron chi connectivity index (χ0n) is 8.11. The molecule has 0 fully saturated rings. The van der Waals surface area contributed by atoms with Crippen molar-refractivity contribution in [3.05, 3.63) is 34.3 Å². The molecule has 0 nitrogen and oxygen atoms in total. The Balaban J connectivity index is 2.97. The number of hydrogen-bond acceptors (Lipinski definition) is 1. The molecule has 16 heavy (non-hydrogen) atoms. The molecule has 0 bridgehead atoms. The zero-order chi connectivity index (χ0) is 12.2. The maximum Gasteiger partial charge on any atom is 0.417 e. The van der Waals surface area contributed by atoms with E-state index in [1.165, 1.54) is 12.1 Å². The molecule has 1 aromatic rings. The first-order valence-corrected chi connectivity index (χ1v) is 5.42. The van der Waals surface area contributed by atoms with Crippen molar-refractivity contribution in [2.24, 2.45) is 0 Å². The second-order valence-electron chi connectivity index (χ2n) is 2.97. The molecule has 0 aliphatic carbocycles. The highest BCUT2D eigenvalue weighted by molar-refractivity contribution is 7.80. The van der Waals surface area contributed by atoms with Crippen molar-refractivity contribution < 1.29 is 13.2 Å². The molecule has 0 aromatic heterocycles. The van der Waals surface area contributed by atoms with Crippen molar-refractivity contribution in [1.82, 2.24) is 0 Å². The minimum atomic E-state index is -4.42. The third-order valence-corrected chi connectivity index (χ3v) is 2.28. The Morgan fingerprint density at radius 3 is 2.50 bits per heavy atom. The van der Waals surface area contributed by atoms with Crippen LogP contribution in [0.15, 0.2) is 18.2 Å². The van der Waals surface area contributed by atoms with Crippen molar-refractivity contribution in [3.8, 4) is 11.8 Å². The molecule has 0 atom stereocenters. The van der Waals surface area contributed by atoms with E-state index < -0.39 is 11.7 Å². The maximum atomic E-state index is 12.4. The fourth-order valence-corrected chi connectivity index (χ4v) is 1.44. The lowest BCUT2D eigenvalue weighted by Gasteiger charge is -2.08. The van der Waals surface area contributed by atoms with Gasteiger partial charge in [-0.3, -0.25) is 0 Å². The molecule has 5 heteroatoms. The summed E-state index contributed by atoms with van der Waals surface area (Å²) in [5.41, 5.74) is -0.367. The maximum absolute atomic E-state index is 12.4. The molecule has 0 radical (unpaired) electrons. The van der Waals surface area contributed by atoms with Gasteiger partial charge in [0.2, 0.25) is 0 Å². The van der Waals surface area contributed by atoms with E-state index in [4.69, 9.17) is 11.6 Å². The summed E-state index contributed by atoms with van der Waals surface area (Å²) in [5, 5.41) is -0.329. The predicted molar refractivity (Wildman–Crippen MR) is 61.8 cm³/mol. The smallest absolute Gasteiger partial charge is 0.178 e. The van der Waals surface area contributed by atoms with Crippen LogP contribution in [0.1, 0.15) is 17.5 Å². The molecule has 0 saturated heterocycles. The highest BCUT2D eigenvalue weighted by Crippen LogP contribution is 2.34. The third kappa shape index (κ3) is 3.66. The molecular formula is C11H8ClF3S. The SMILES string of the molecule is FC(F)(F)c1ccc(C#CCCS)cc1Cl. The quantitative estimate of drug-likeness (QED) is 0.575. The number of benzene rings is 1. The Morgan fingerprint density at radius 2 is 2.00 bits per heavy atom. The lowest BCUT2D eigenvalue weighted by molar-refractivity contribution is -0.137. The van der Waals surface area contributed by atoms with Crippen LogP contribution in [-0.4, -0.2) is 5.75 Å². The number of rotatable bonds is 1. The molecule has 0 unspecified atom stereocenters. The summed E-state index contributed by atoms with van der Waals surface area (Å²) < 4.78 is 37.1. The van der Waals surface area contributed by atoms with Gasteiger partial charge in [0.1, 0.15) is 0 Å². The van der Waals surface area contributed by atoms with Gasteiger partial charge >= 0.3 is 6.18 Å². The monoisotopic (exact) mass is 264 g/mol. The summed E-state index contributed by atoms with van der Waals surface area (Å²) in [6.07, 6.45) is -3.84. The first kappa shape index (κ1) is 13.3. The third-order valence-electron chi connectivity index (χ3n) is 1.74. The van der Waals surface area contributed by atoms with Gasteiger partial charge in [0, 0.05) is 17.7 Å². The molecule has 0 heterocycles. The van der Waals surface area contributed by atoms with Crippen molar-refractivity contribution >= 4 is 24.2 Å². The molecule has 0 aliphatic heterocycles. The molecule has 0 saturated carbocycles. The van der Waals surface area contributed by atoms with Gasteiger partial charge in [0.05, 0.1) is 10.6 Å². The first-order valence-electron chi connectivity index (χ1n) is 4.41. The van der Waals surface area contributed by atoms with E-state index in [1.807, 2.05) is 0 Å². The van der Waals surface area contributed by atoms with E-state index in [1.54, 1.807) is 0 Å². The Kier molecular flexibility index (Phi) is 4.57. The van der Waals surface area contributed by atoms with Crippen LogP contribution in [0.25, 0.3) is 0 Å². The normalized spacial score (nSPS) is 10.8. The first-order chi connectivity index (χ1) is 7.45. The number of halogens is 4. The average molecular weight is 265 g/mol. The fourth-order valence-electron chi connectivity index (χ4n) is 1.04. The van der Waals surface area contributed by atoms with Gasteiger partial charge in [-0.15, -0.1) is 0 Å². The molecule has 0 aliphatic rings. The lowest BCUT2D eigenvalue weighted by atomic mass is 10.1. The summed E-state index contributed by atoms with van der Waals surface area (Å²) in [5.74, 6) is 6.10. The van der Waals surface area contributed by atoms with Crippen LogP contribution in [0, 0.1) is 11.8 Å². The van der Waals surface area contributed by atoms with E-state index in [-0.39, 0.29) is 5.02 Å². The standard InChI is InChI=1S/C11H8ClF3S/c12-10-7-8(3-1-2-6-16)4-5-9(10)11(13,14)15/h4-5,7,16H,2,6H2. The Morgan fingerprint density at radius 1 is 1.31 bits per heavy atom. The van der Waals surface area contributed by atoms with Gasteiger partial charge in [0.15, 0.2) is 0 Å². The molecule has 86 valence electrons. The van der Waals surface area contributed by atoms with Crippen LogP contribution < -0.4 is 0 Å². The number of thiol groups is 1. The van der Waals surface area contributed by atoms with E-state index in [9.17, 15) is 13.2 Å². The van der Waals surface area contributed by atoms with Gasteiger partial charge in [-0.2, -0.15) is 25.8 Å². The van der Waals surface area contributed by atoms with Crippen LogP contribution in [0.3, 0.4) is 0 Å². The Labute approximate surface area is 102 Å². The molecule has 1 aromatic carbocycles. The van der Waals surface area contributed by atoms with E-state index in [0.29, 0.717) is 17.7 Å². The van der Waals surface area contributed by atoms with E-state index >= 15 is 0 Å². The molecule has 0 N–H and O–H groups in total. The molecular weight excluding hydrogens is 257 g/mol. The highest BCUT2D eigenvalue weighted by Gasteiger charge is 2.32. The summed E-state index contributed by atoms with van der Waals surface area (Å²) in [4.78, 5) is 0. The van der Waals surface area contributed by atoms with E-state index in [0.717, 1.165) is 6.07 Å². The van der Waals surface area contributed by atoms with Crippen LogP contribution in [0.4, 0.5) is 13.2 Å². The van der Waals surface area contributed by atoms with Gasteiger partial charge in [0.25, 0.3) is 0 Å². The molecule has 1 rings (SSSR count). The van der Waals surface area contributed by atoms with Crippen molar-refractivity contribution in [1.29, 1.82) is 0 Å². The van der Waals surface area contributed by atoms with Crippen molar-refractivity contribution in [2.75, 3.05) is 5.75 Å². The van der Waals surface area contributed by atoms with Gasteiger partial charge in [-0.25, -0.2) is 0 Å². The molecule has 0 spiro atoms. The summed E-state index contributed by atoms with van der Waals surface area (Å²) in [6.45, 7) is 0. The predicted octanol–water partition coefficient (Wildman–Crippen LogP) is 4.03. The van der Waals surface area contributed by atoms with E-state index in [2.05, 4.69) is 24.5 Å². The van der Waals surface area contributed by atoms with Gasteiger partial charge in [-0.05, 0) is 18.2 Å². The highest BCUT2D eigenvalue weighted by atomic mass is 35.5. The van der Waals surface area contributed by atoms with Crippen molar-refractivity contribution in [2.45, 2.75) is 12.6 Å². The van der Waals surface area contributed by atoms with Gasteiger partial charge < -0.3 is 0 Å². The molecule has 0 amide bonds. The number of hydrogen-bond donors (Lipinski definition) is 1. The van der Waals surface area contributed by atoms with Crippen LogP contribution in [-0.2, 0) is 6.18 Å². The summed E-state index contributed by atoms with van der Waals surface area (Å²) in [7, 11) is 0. The average Bonchev–Trinajstić information content (AvgIpc) is 2.16. The zero-order valence-corrected chi connectivity index (χ0v) is 9.76. The van der Waals surface area contributed by atoms with Crippen LogP contribution in [0.2, 0.25) is 5.02 Å². The minimum absolute atomic E-state index is 0.329. The van der Waals surface area contributed by atoms with Crippen LogP contribution >= 0.6 is 24.2 Å². The van der Waals surface area contributed by atoms with Crippen molar-refractivity contribution in [3.63, 3.8) is 0 Å². The Bertz CT molecular complexity index is 429. The number of alkyl halides is 3. The van der Waals surface area contributed by atoms with Gasteiger partial charge in [-0.1, -0.05) is 23.4 Å². The second-order valence-corrected chi connectivity index (χ2v) is 3.82. The second kappa shape index (κ2) is 5.51. The van der Waals surface area contributed by atoms with Crippen LogP contribution in [0.5, 0.6) is 0 Å².